The Morgan fingerprint density at radius 1 is 0.769 bits per heavy atom. The monoisotopic (exact) mass is 364 g/mol. The van der Waals surface area contributed by atoms with Gasteiger partial charge in [0.05, 0.1) is 0 Å². The molecule has 1 aromatic carbocycles. The van der Waals surface area contributed by atoms with E-state index in [1.165, 1.54) is 11.1 Å². The minimum absolute atomic E-state index is 0.419. The number of nitrogens with two attached hydrogens (primary N) is 4. The first-order chi connectivity index (χ1) is 12.7. The van der Waals surface area contributed by atoms with Crippen molar-refractivity contribution in [1.29, 1.82) is 0 Å². The Labute approximate surface area is 159 Å². The zero-order valence-electron chi connectivity index (χ0n) is 16.3. The highest BCUT2D eigenvalue weighted by Crippen LogP contribution is 2.11. The average molecular weight is 365 g/mol. The molecule has 0 aliphatic heterocycles. The van der Waals surface area contributed by atoms with Crippen LogP contribution in [0.5, 0.6) is 0 Å². The number of hydrogen-bond donors (Lipinski definition) is 5. The highest BCUT2D eigenvalue weighted by Gasteiger charge is 2.09. The summed E-state index contributed by atoms with van der Waals surface area (Å²) in [5.74, 6) is 0. The summed E-state index contributed by atoms with van der Waals surface area (Å²) in [6.07, 6.45) is 5.04. The molecule has 150 valence electrons. The normalized spacial score (nSPS) is 12.7. The van der Waals surface area contributed by atoms with E-state index in [4.69, 9.17) is 22.9 Å². The summed E-state index contributed by atoms with van der Waals surface area (Å²) in [6, 6.07) is 9.39. The third-order valence-electron chi connectivity index (χ3n) is 4.60. The van der Waals surface area contributed by atoms with E-state index in [9.17, 15) is 0 Å². The molecule has 0 radical (unpaired) electrons. The predicted octanol–water partition coefficient (Wildman–Crippen LogP) is 0.385. The summed E-state index contributed by atoms with van der Waals surface area (Å²) >= 11 is 0. The zero-order valence-corrected chi connectivity index (χ0v) is 16.3. The Bertz CT molecular complexity index is 428. The van der Waals surface area contributed by atoms with Gasteiger partial charge in [-0.15, -0.1) is 0 Å². The second kappa shape index (κ2) is 15.1. The molecule has 0 spiro atoms. The molecule has 6 nitrogen and oxygen atoms in total. The first-order valence-electron chi connectivity index (χ1n) is 10.1. The molecule has 1 aromatic rings. The van der Waals surface area contributed by atoms with Crippen LogP contribution in [0.1, 0.15) is 36.8 Å². The Morgan fingerprint density at radius 2 is 1.35 bits per heavy atom. The lowest BCUT2D eigenvalue weighted by atomic mass is 10.0. The van der Waals surface area contributed by atoms with Gasteiger partial charge in [-0.1, -0.05) is 24.3 Å². The lowest BCUT2D eigenvalue weighted by Crippen LogP contribution is -2.34. The summed E-state index contributed by atoms with van der Waals surface area (Å²) in [4.78, 5) is 2.44. The fraction of sp³-hybridized carbons (Fsp3) is 0.700. The van der Waals surface area contributed by atoms with E-state index < -0.39 is 0 Å². The van der Waals surface area contributed by atoms with Crippen LogP contribution in [0.4, 0.5) is 0 Å². The SMILES string of the molecule is NCCCNC(CCN)Cc1ccc(CN(CCCN)CCCN)cc1. The molecule has 1 atom stereocenters. The maximum absolute atomic E-state index is 5.76. The van der Waals surface area contributed by atoms with Crippen LogP contribution in [0.3, 0.4) is 0 Å². The molecule has 0 bridgehead atoms. The molecule has 6 heteroatoms. The highest BCUT2D eigenvalue weighted by atomic mass is 15.1. The fourth-order valence-corrected chi connectivity index (χ4v) is 3.11. The van der Waals surface area contributed by atoms with Gasteiger partial charge in [0.15, 0.2) is 0 Å². The standard InChI is InChI=1S/C20H40N6/c21-9-1-13-25-20(8-12-24)16-18-4-6-19(7-5-18)17-26(14-2-10-22)15-3-11-23/h4-7,20,25H,1-3,8-17,21-24H2. The van der Waals surface area contributed by atoms with Crippen LogP contribution in [0.2, 0.25) is 0 Å². The zero-order chi connectivity index (χ0) is 19.0. The Morgan fingerprint density at radius 3 is 1.88 bits per heavy atom. The van der Waals surface area contributed by atoms with Crippen molar-refractivity contribution in [2.24, 2.45) is 22.9 Å². The number of rotatable bonds is 16. The molecule has 1 unspecified atom stereocenters. The third-order valence-corrected chi connectivity index (χ3v) is 4.60. The minimum atomic E-state index is 0.419. The van der Waals surface area contributed by atoms with Crippen molar-refractivity contribution in [2.75, 3.05) is 45.8 Å². The van der Waals surface area contributed by atoms with Gasteiger partial charge in [0.25, 0.3) is 0 Å². The van der Waals surface area contributed by atoms with Crippen LogP contribution in [0, 0.1) is 0 Å². The molecular formula is C20H40N6. The van der Waals surface area contributed by atoms with Crippen molar-refractivity contribution in [2.45, 2.75) is 44.7 Å². The predicted molar refractivity (Wildman–Crippen MR) is 112 cm³/mol. The second-order valence-electron chi connectivity index (χ2n) is 6.95. The number of benzene rings is 1. The molecule has 0 aliphatic carbocycles. The summed E-state index contributed by atoms with van der Waals surface area (Å²) in [7, 11) is 0. The quantitative estimate of drug-likeness (QED) is 0.271. The van der Waals surface area contributed by atoms with Crippen LogP contribution < -0.4 is 28.3 Å². The number of nitrogens with zero attached hydrogens (tertiary/aromatic N) is 1. The van der Waals surface area contributed by atoms with Gasteiger partial charge in [-0.25, -0.2) is 0 Å². The molecule has 0 saturated heterocycles. The molecule has 0 fully saturated rings. The van der Waals surface area contributed by atoms with Crippen LogP contribution in [-0.2, 0) is 13.0 Å². The van der Waals surface area contributed by atoms with Gasteiger partial charge >= 0.3 is 0 Å². The maximum atomic E-state index is 5.76. The van der Waals surface area contributed by atoms with E-state index in [1.807, 2.05) is 0 Å². The van der Waals surface area contributed by atoms with Crippen molar-refractivity contribution < 1.29 is 0 Å². The van der Waals surface area contributed by atoms with Gasteiger partial charge < -0.3 is 28.3 Å². The largest absolute Gasteiger partial charge is 0.330 e. The first-order valence-corrected chi connectivity index (χ1v) is 10.1. The van der Waals surface area contributed by atoms with Gasteiger partial charge in [0.2, 0.25) is 0 Å². The Kier molecular flexibility index (Phi) is 13.4. The molecule has 26 heavy (non-hydrogen) atoms. The number of nitrogens with one attached hydrogen (secondary N) is 1. The van der Waals surface area contributed by atoms with E-state index in [0.717, 1.165) is 77.9 Å². The van der Waals surface area contributed by atoms with Gasteiger partial charge in [-0.2, -0.15) is 0 Å². The topological polar surface area (TPSA) is 119 Å². The van der Waals surface area contributed by atoms with E-state index in [0.29, 0.717) is 12.6 Å². The highest BCUT2D eigenvalue weighted by molar-refractivity contribution is 5.23. The smallest absolute Gasteiger partial charge is 0.0233 e. The van der Waals surface area contributed by atoms with Crippen molar-refractivity contribution in [3.8, 4) is 0 Å². The van der Waals surface area contributed by atoms with Crippen LogP contribution in [0.15, 0.2) is 24.3 Å². The fourth-order valence-electron chi connectivity index (χ4n) is 3.11. The average Bonchev–Trinajstić information content (AvgIpc) is 2.65. The van der Waals surface area contributed by atoms with E-state index in [2.05, 4.69) is 34.5 Å². The summed E-state index contributed by atoms with van der Waals surface area (Å²) in [5, 5.41) is 3.57. The molecule has 0 saturated carbocycles. The lowest BCUT2D eigenvalue weighted by Gasteiger charge is -2.22. The molecule has 0 aromatic heterocycles. The van der Waals surface area contributed by atoms with Crippen molar-refractivity contribution in [1.82, 2.24) is 10.2 Å². The van der Waals surface area contributed by atoms with Gasteiger partial charge in [-0.3, -0.25) is 4.90 Å². The minimum Gasteiger partial charge on any atom is -0.330 e. The molecule has 0 heterocycles. The first kappa shape index (κ1) is 23.0. The van der Waals surface area contributed by atoms with Gasteiger partial charge in [0.1, 0.15) is 0 Å². The molecule has 0 amide bonds. The summed E-state index contributed by atoms with van der Waals surface area (Å²) < 4.78 is 0. The van der Waals surface area contributed by atoms with Crippen LogP contribution in [-0.4, -0.2) is 56.8 Å². The molecular weight excluding hydrogens is 324 g/mol. The van der Waals surface area contributed by atoms with Crippen molar-refractivity contribution >= 4 is 0 Å². The van der Waals surface area contributed by atoms with Gasteiger partial charge in [-0.05, 0) is 89.0 Å². The molecule has 1 rings (SSSR count). The molecule has 0 aliphatic rings. The van der Waals surface area contributed by atoms with Crippen LogP contribution >= 0.6 is 0 Å². The maximum Gasteiger partial charge on any atom is 0.0233 e. The van der Waals surface area contributed by atoms with Crippen molar-refractivity contribution in [3.63, 3.8) is 0 Å². The second-order valence-corrected chi connectivity index (χ2v) is 6.95. The van der Waals surface area contributed by atoms with Gasteiger partial charge in [0, 0.05) is 12.6 Å². The lowest BCUT2D eigenvalue weighted by molar-refractivity contribution is 0.262. The molecule has 9 N–H and O–H groups in total. The number of hydrogen-bond acceptors (Lipinski definition) is 6. The van der Waals surface area contributed by atoms with E-state index in [1.54, 1.807) is 0 Å². The van der Waals surface area contributed by atoms with E-state index >= 15 is 0 Å². The van der Waals surface area contributed by atoms with Crippen LogP contribution in [0.25, 0.3) is 0 Å². The van der Waals surface area contributed by atoms with E-state index in [-0.39, 0.29) is 0 Å². The van der Waals surface area contributed by atoms with Crippen molar-refractivity contribution in [3.05, 3.63) is 35.4 Å². The third kappa shape index (κ3) is 10.2. The summed E-state index contributed by atoms with van der Waals surface area (Å²) in [5.41, 5.74) is 25.3. The Hall–Kier alpha value is -1.02. The Balaban J connectivity index is 2.55. The summed E-state index contributed by atoms with van der Waals surface area (Å²) in [6.45, 7) is 6.87.